The number of hydrogen-bond acceptors (Lipinski definition) is 6. The fraction of sp³-hybridized carbons (Fsp3) is 0.625. The average molecular weight is 308 g/mol. The molecule has 0 amide bonds. The third-order valence-electron chi connectivity index (χ3n) is 4.15. The number of nitrogens with two attached hydrogens (primary N) is 1. The largest absolute Gasteiger partial charge is 0.465 e. The molecule has 122 valence electrons. The second-order valence-electron chi connectivity index (χ2n) is 5.55. The molecular weight excluding hydrogens is 284 g/mol. The molecule has 1 saturated carbocycles. The number of methoxy groups -OCH3 is 1. The van der Waals surface area contributed by atoms with Crippen LogP contribution in [0.25, 0.3) is 0 Å². The number of ether oxygens (including phenoxy) is 3. The van der Waals surface area contributed by atoms with Crippen LogP contribution in [0.15, 0.2) is 18.3 Å². The number of rotatable bonds is 6. The van der Waals surface area contributed by atoms with Gasteiger partial charge in [0.2, 0.25) is 0 Å². The molecule has 0 aliphatic heterocycles. The molecule has 0 bridgehead atoms. The molecular formula is C16H24N2O4. The van der Waals surface area contributed by atoms with Gasteiger partial charge < -0.3 is 19.9 Å². The summed E-state index contributed by atoms with van der Waals surface area (Å²) < 4.78 is 15.9. The maximum absolute atomic E-state index is 12.6. The lowest BCUT2D eigenvalue weighted by Crippen LogP contribution is -2.43. The number of esters is 1. The molecule has 0 spiro atoms. The Bertz CT molecular complexity index is 481. The highest BCUT2D eigenvalue weighted by Gasteiger charge is 2.46. The standard InChI is InChI=1S/C16H24N2O4/c1-3-21-15(19)16(14-5-4-12(17)10-18-14)8-6-13(7-9-16)22-11-20-2/h4-5,10,13H,3,6-9,11,17H2,1-2H3. The van der Waals surface area contributed by atoms with E-state index in [2.05, 4.69) is 4.98 Å². The van der Waals surface area contributed by atoms with Crippen molar-refractivity contribution in [1.29, 1.82) is 0 Å². The maximum Gasteiger partial charge on any atom is 0.318 e. The van der Waals surface area contributed by atoms with Crippen LogP contribution in [0.2, 0.25) is 0 Å². The molecule has 1 aliphatic carbocycles. The average Bonchev–Trinajstić information content (AvgIpc) is 2.54. The second kappa shape index (κ2) is 7.56. The van der Waals surface area contributed by atoms with E-state index in [0.29, 0.717) is 25.1 Å². The van der Waals surface area contributed by atoms with Crippen molar-refractivity contribution in [3.8, 4) is 0 Å². The second-order valence-corrected chi connectivity index (χ2v) is 5.55. The number of anilines is 1. The van der Waals surface area contributed by atoms with Gasteiger partial charge in [0.1, 0.15) is 12.2 Å². The monoisotopic (exact) mass is 308 g/mol. The first-order chi connectivity index (χ1) is 10.6. The van der Waals surface area contributed by atoms with Crippen LogP contribution in [0.3, 0.4) is 0 Å². The predicted octanol–water partition coefficient (Wildman–Crippen LogP) is 2.03. The van der Waals surface area contributed by atoms with Crippen molar-refractivity contribution >= 4 is 11.7 Å². The summed E-state index contributed by atoms with van der Waals surface area (Å²) in [4.78, 5) is 16.9. The lowest BCUT2D eigenvalue weighted by Gasteiger charge is -2.37. The Labute approximate surface area is 131 Å². The van der Waals surface area contributed by atoms with E-state index in [4.69, 9.17) is 19.9 Å². The van der Waals surface area contributed by atoms with Crippen LogP contribution < -0.4 is 5.73 Å². The zero-order valence-electron chi connectivity index (χ0n) is 13.2. The first-order valence-electron chi connectivity index (χ1n) is 7.62. The van der Waals surface area contributed by atoms with E-state index in [-0.39, 0.29) is 18.9 Å². The van der Waals surface area contributed by atoms with Crippen LogP contribution in [-0.2, 0) is 24.4 Å². The number of carbonyl (C=O) groups is 1. The molecule has 0 radical (unpaired) electrons. The summed E-state index contributed by atoms with van der Waals surface area (Å²) in [5, 5.41) is 0. The van der Waals surface area contributed by atoms with Crippen molar-refractivity contribution in [2.75, 3.05) is 26.2 Å². The number of aromatic nitrogens is 1. The molecule has 1 aromatic heterocycles. The molecule has 0 saturated heterocycles. The summed E-state index contributed by atoms with van der Waals surface area (Å²) in [7, 11) is 1.60. The van der Waals surface area contributed by atoms with Crippen molar-refractivity contribution in [2.24, 2.45) is 0 Å². The van der Waals surface area contributed by atoms with E-state index < -0.39 is 5.41 Å². The quantitative estimate of drug-likeness (QED) is 0.639. The minimum atomic E-state index is -0.698. The molecule has 2 N–H and O–H groups in total. The van der Waals surface area contributed by atoms with Crippen molar-refractivity contribution < 1.29 is 19.0 Å². The summed E-state index contributed by atoms with van der Waals surface area (Å²) in [5.74, 6) is -0.211. The molecule has 1 aromatic rings. The van der Waals surface area contributed by atoms with Crippen LogP contribution in [0.1, 0.15) is 38.3 Å². The van der Waals surface area contributed by atoms with E-state index >= 15 is 0 Å². The van der Waals surface area contributed by atoms with E-state index in [1.165, 1.54) is 0 Å². The summed E-state index contributed by atoms with van der Waals surface area (Å²) in [5.41, 5.74) is 6.31. The molecule has 2 rings (SSSR count). The zero-order valence-corrected chi connectivity index (χ0v) is 13.2. The van der Waals surface area contributed by atoms with E-state index in [1.54, 1.807) is 19.4 Å². The maximum atomic E-state index is 12.6. The molecule has 22 heavy (non-hydrogen) atoms. The van der Waals surface area contributed by atoms with Crippen LogP contribution in [0.5, 0.6) is 0 Å². The molecule has 6 nitrogen and oxygen atoms in total. The smallest absolute Gasteiger partial charge is 0.318 e. The van der Waals surface area contributed by atoms with Gasteiger partial charge in [-0.15, -0.1) is 0 Å². The minimum absolute atomic E-state index is 0.108. The summed E-state index contributed by atoms with van der Waals surface area (Å²) in [6.45, 7) is 2.45. The number of pyridine rings is 1. The van der Waals surface area contributed by atoms with Crippen molar-refractivity contribution in [2.45, 2.75) is 44.1 Å². The van der Waals surface area contributed by atoms with Crippen molar-refractivity contribution in [3.05, 3.63) is 24.0 Å². The molecule has 0 unspecified atom stereocenters. The van der Waals surface area contributed by atoms with E-state index in [1.807, 2.05) is 13.0 Å². The third-order valence-corrected chi connectivity index (χ3v) is 4.15. The van der Waals surface area contributed by atoms with Gasteiger partial charge in [-0.3, -0.25) is 9.78 Å². The Morgan fingerprint density at radius 3 is 2.68 bits per heavy atom. The molecule has 0 atom stereocenters. The van der Waals surface area contributed by atoms with Gasteiger partial charge in [-0.05, 0) is 44.7 Å². The van der Waals surface area contributed by atoms with Crippen LogP contribution in [0.4, 0.5) is 5.69 Å². The number of nitrogen functional groups attached to an aromatic ring is 1. The SMILES string of the molecule is CCOC(=O)C1(c2ccc(N)cn2)CCC(OCOC)CC1. The van der Waals surface area contributed by atoms with Gasteiger partial charge >= 0.3 is 5.97 Å². The molecule has 0 aromatic carbocycles. The van der Waals surface area contributed by atoms with E-state index in [9.17, 15) is 4.79 Å². The Hall–Kier alpha value is -1.66. The molecule has 1 fully saturated rings. The Morgan fingerprint density at radius 2 is 2.14 bits per heavy atom. The Kier molecular flexibility index (Phi) is 5.74. The third kappa shape index (κ3) is 3.56. The van der Waals surface area contributed by atoms with Crippen LogP contribution >= 0.6 is 0 Å². The van der Waals surface area contributed by atoms with Gasteiger partial charge in [-0.2, -0.15) is 0 Å². The highest BCUT2D eigenvalue weighted by molar-refractivity contribution is 5.83. The van der Waals surface area contributed by atoms with Gasteiger partial charge in [0.15, 0.2) is 0 Å². The highest BCUT2D eigenvalue weighted by Crippen LogP contribution is 2.40. The zero-order chi connectivity index (χ0) is 16.0. The molecule has 6 heteroatoms. The summed E-state index contributed by atoms with van der Waals surface area (Å²) in [6.07, 6.45) is 4.54. The Balaban J connectivity index is 2.18. The minimum Gasteiger partial charge on any atom is -0.465 e. The van der Waals surface area contributed by atoms with Gasteiger partial charge in [-0.25, -0.2) is 0 Å². The predicted molar refractivity (Wildman–Crippen MR) is 82.2 cm³/mol. The van der Waals surface area contributed by atoms with E-state index in [0.717, 1.165) is 18.5 Å². The van der Waals surface area contributed by atoms with Crippen LogP contribution in [0, 0.1) is 0 Å². The van der Waals surface area contributed by atoms with Crippen molar-refractivity contribution in [1.82, 2.24) is 4.98 Å². The van der Waals surface area contributed by atoms with Gasteiger partial charge in [0.25, 0.3) is 0 Å². The molecule has 1 aliphatic rings. The summed E-state index contributed by atoms with van der Waals surface area (Å²) >= 11 is 0. The number of nitrogens with zero attached hydrogens (tertiary/aromatic N) is 1. The van der Waals surface area contributed by atoms with Crippen LogP contribution in [-0.4, -0.2) is 37.6 Å². The topological polar surface area (TPSA) is 83.7 Å². The first-order valence-corrected chi connectivity index (χ1v) is 7.62. The fourth-order valence-electron chi connectivity index (χ4n) is 2.94. The van der Waals surface area contributed by atoms with Gasteiger partial charge in [0, 0.05) is 7.11 Å². The lowest BCUT2D eigenvalue weighted by molar-refractivity contribution is -0.154. The first kappa shape index (κ1) is 16.7. The van der Waals surface area contributed by atoms with Gasteiger partial charge in [-0.1, -0.05) is 0 Å². The highest BCUT2D eigenvalue weighted by atomic mass is 16.7. The Morgan fingerprint density at radius 1 is 1.41 bits per heavy atom. The molecule has 1 heterocycles. The normalized spacial score (nSPS) is 24.9. The van der Waals surface area contributed by atoms with Gasteiger partial charge in [0.05, 0.1) is 30.3 Å². The van der Waals surface area contributed by atoms with Crippen molar-refractivity contribution in [3.63, 3.8) is 0 Å². The lowest BCUT2D eigenvalue weighted by atomic mass is 9.70. The number of hydrogen-bond donors (Lipinski definition) is 1. The summed E-state index contributed by atoms with van der Waals surface area (Å²) in [6, 6.07) is 3.60. The number of carbonyl (C=O) groups excluding carboxylic acids is 1. The fourth-order valence-corrected chi connectivity index (χ4v) is 2.94.